The summed E-state index contributed by atoms with van der Waals surface area (Å²) in [7, 11) is -2.52. The van der Waals surface area contributed by atoms with Crippen LogP contribution in [0.3, 0.4) is 0 Å². The van der Waals surface area contributed by atoms with E-state index >= 15 is 0 Å². The van der Waals surface area contributed by atoms with Gasteiger partial charge < -0.3 is 19.2 Å². The lowest BCUT2D eigenvalue weighted by Crippen LogP contribution is -2.44. The lowest BCUT2D eigenvalue weighted by Gasteiger charge is -2.32. The Labute approximate surface area is 105 Å². The van der Waals surface area contributed by atoms with Gasteiger partial charge in [-0.25, -0.2) is 0 Å². The summed E-state index contributed by atoms with van der Waals surface area (Å²) in [5.74, 6) is 0. The first kappa shape index (κ1) is 19.4. The van der Waals surface area contributed by atoms with Gasteiger partial charge in [0.15, 0.2) is 0 Å². The van der Waals surface area contributed by atoms with Crippen LogP contribution in [-0.2, 0) is 4.57 Å². The zero-order valence-corrected chi connectivity index (χ0v) is 12.4. The van der Waals surface area contributed by atoms with Crippen molar-refractivity contribution in [1.82, 2.24) is 0 Å². The summed E-state index contributed by atoms with van der Waals surface area (Å²) in [5.41, 5.74) is 0. The van der Waals surface area contributed by atoms with Gasteiger partial charge in [-0.15, -0.1) is 0 Å². The zero-order chi connectivity index (χ0) is 13.9. The Balaban J connectivity index is 0. The number of phosphoric acid groups is 1. The first-order chi connectivity index (χ1) is 7.68. The Morgan fingerprint density at radius 2 is 1.47 bits per heavy atom. The molecule has 0 saturated carbocycles. The van der Waals surface area contributed by atoms with Crippen LogP contribution < -0.4 is 4.89 Å². The van der Waals surface area contributed by atoms with Gasteiger partial charge in [-0.2, -0.15) is 0 Å². The minimum absolute atomic E-state index is 1.25. The van der Waals surface area contributed by atoms with Crippen LogP contribution >= 0.6 is 7.82 Å². The molecular formula is C11H28NO4P. The minimum Gasteiger partial charge on any atom is -0.756 e. The van der Waals surface area contributed by atoms with Crippen molar-refractivity contribution in [2.45, 2.75) is 46.5 Å². The van der Waals surface area contributed by atoms with Gasteiger partial charge in [0.1, 0.15) is 0 Å². The first-order valence-corrected chi connectivity index (χ1v) is 7.81. The van der Waals surface area contributed by atoms with Gasteiger partial charge in [0.05, 0.1) is 26.7 Å². The molecule has 0 spiro atoms. The van der Waals surface area contributed by atoms with Gasteiger partial charge in [0.25, 0.3) is 7.82 Å². The van der Waals surface area contributed by atoms with Gasteiger partial charge in [-0.05, 0) is 26.7 Å². The van der Waals surface area contributed by atoms with Gasteiger partial charge in [0, 0.05) is 0 Å². The minimum atomic E-state index is -4.89. The van der Waals surface area contributed by atoms with Crippen molar-refractivity contribution in [1.29, 1.82) is 0 Å². The smallest absolute Gasteiger partial charge is 0.262 e. The van der Waals surface area contributed by atoms with Crippen LogP contribution in [0.15, 0.2) is 0 Å². The SMILES string of the molecule is CCCCCC[N+](C)(CC)CC.O=P([O-])(O)O. The van der Waals surface area contributed by atoms with Crippen LogP contribution in [0.5, 0.6) is 0 Å². The highest BCUT2D eigenvalue weighted by Crippen LogP contribution is 2.18. The second-order valence-corrected chi connectivity index (χ2v) is 5.51. The van der Waals surface area contributed by atoms with Gasteiger partial charge in [0.2, 0.25) is 0 Å². The largest absolute Gasteiger partial charge is 0.756 e. The third-order valence-electron chi connectivity index (χ3n) is 3.08. The maximum absolute atomic E-state index is 8.77. The molecule has 6 heteroatoms. The fourth-order valence-corrected chi connectivity index (χ4v) is 1.46. The summed E-state index contributed by atoms with van der Waals surface area (Å²) in [6, 6.07) is 0. The predicted octanol–water partition coefficient (Wildman–Crippen LogP) is 1.49. The number of hydrogen-bond donors (Lipinski definition) is 2. The van der Waals surface area contributed by atoms with Crippen molar-refractivity contribution >= 4 is 7.82 Å². The van der Waals surface area contributed by atoms with Crippen molar-refractivity contribution in [3.63, 3.8) is 0 Å². The molecule has 0 saturated heterocycles. The van der Waals surface area contributed by atoms with E-state index in [1.807, 2.05) is 0 Å². The standard InChI is InChI=1S/C11H26N.H3O4P/c1-5-8-9-10-11-12(4,6-2)7-3;1-5(2,3)4/h5-11H2,1-4H3;(H3,1,2,3,4)/q+1;/p-1. The van der Waals surface area contributed by atoms with E-state index < -0.39 is 7.82 Å². The second kappa shape index (κ2) is 10.0. The summed E-state index contributed by atoms with van der Waals surface area (Å²) < 4.78 is 10.0. The van der Waals surface area contributed by atoms with Crippen molar-refractivity contribution in [3.05, 3.63) is 0 Å². The number of rotatable bonds is 7. The molecule has 0 heterocycles. The Bertz CT molecular complexity index is 205. The number of hydrogen-bond acceptors (Lipinski definition) is 2. The molecule has 0 aromatic heterocycles. The van der Waals surface area contributed by atoms with Crippen LogP contribution in [-0.4, -0.2) is 41.0 Å². The van der Waals surface area contributed by atoms with Crippen LogP contribution in [0, 0.1) is 0 Å². The molecule has 0 aliphatic carbocycles. The van der Waals surface area contributed by atoms with E-state index in [0.29, 0.717) is 0 Å². The molecule has 0 rings (SSSR count). The molecule has 0 atom stereocenters. The highest BCUT2D eigenvalue weighted by Gasteiger charge is 2.14. The highest BCUT2D eigenvalue weighted by atomic mass is 31.2. The fraction of sp³-hybridized carbons (Fsp3) is 1.00. The fourth-order valence-electron chi connectivity index (χ4n) is 1.46. The third kappa shape index (κ3) is 18.6. The molecule has 0 aliphatic heterocycles. The van der Waals surface area contributed by atoms with E-state index in [2.05, 4.69) is 27.8 Å². The average molecular weight is 269 g/mol. The van der Waals surface area contributed by atoms with E-state index in [1.54, 1.807) is 0 Å². The summed E-state index contributed by atoms with van der Waals surface area (Å²) in [4.78, 5) is 22.9. The molecule has 0 unspecified atom stereocenters. The molecule has 2 N–H and O–H groups in total. The Kier molecular flexibility index (Phi) is 11.5. The quantitative estimate of drug-likeness (QED) is 0.417. The normalized spacial score (nSPS) is 11.9. The molecule has 0 fully saturated rings. The summed E-state index contributed by atoms with van der Waals surface area (Å²) in [6.45, 7) is 10.8. The highest BCUT2D eigenvalue weighted by molar-refractivity contribution is 7.43. The second-order valence-electron chi connectivity index (χ2n) is 4.53. The molecule has 0 aromatic carbocycles. The molecule has 0 bridgehead atoms. The van der Waals surface area contributed by atoms with Gasteiger partial charge >= 0.3 is 0 Å². The molecule has 106 valence electrons. The predicted molar refractivity (Wildman–Crippen MR) is 68.3 cm³/mol. The van der Waals surface area contributed by atoms with E-state index in [9.17, 15) is 0 Å². The lowest BCUT2D eigenvalue weighted by atomic mass is 10.2. The number of nitrogens with zero attached hydrogens (tertiary/aromatic N) is 1. The Morgan fingerprint density at radius 1 is 1.06 bits per heavy atom. The molecule has 5 nitrogen and oxygen atoms in total. The van der Waals surface area contributed by atoms with Crippen molar-refractivity contribution in [2.75, 3.05) is 26.7 Å². The maximum atomic E-state index is 8.77. The van der Waals surface area contributed by atoms with E-state index in [-0.39, 0.29) is 0 Å². The topological polar surface area (TPSA) is 80.6 Å². The van der Waals surface area contributed by atoms with Crippen LogP contribution in [0.2, 0.25) is 0 Å². The van der Waals surface area contributed by atoms with Gasteiger partial charge in [-0.3, -0.25) is 4.57 Å². The summed E-state index contributed by atoms with van der Waals surface area (Å²) in [6.07, 6.45) is 5.59. The van der Waals surface area contributed by atoms with Crippen LogP contribution in [0.4, 0.5) is 0 Å². The Morgan fingerprint density at radius 3 is 1.76 bits per heavy atom. The van der Waals surface area contributed by atoms with Crippen molar-refractivity contribution < 1.29 is 23.7 Å². The van der Waals surface area contributed by atoms with E-state index in [4.69, 9.17) is 19.2 Å². The monoisotopic (exact) mass is 269 g/mol. The maximum Gasteiger partial charge on any atom is 0.262 e. The van der Waals surface area contributed by atoms with E-state index in [1.165, 1.54) is 49.8 Å². The number of unbranched alkanes of at least 4 members (excludes halogenated alkanes) is 3. The van der Waals surface area contributed by atoms with E-state index in [0.717, 1.165) is 0 Å². The third-order valence-corrected chi connectivity index (χ3v) is 3.08. The molecule has 0 amide bonds. The molecule has 0 aromatic rings. The van der Waals surface area contributed by atoms with Crippen molar-refractivity contribution in [3.8, 4) is 0 Å². The lowest BCUT2D eigenvalue weighted by molar-refractivity contribution is -0.906. The number of quaternary nitrogens is 1. The molecule has 0 aliphatic rings. The molecular weight excluding hydrogens is 241 g/mol. The zero-order valence-electron chi connectivity index (χ0n) is 11.6. The van der Waals surface area contributed by atoms with Crippen molar-refractivity contribution in [2.24, 2.45) is 0 Å². The summed E-state index contributed by atoms with van der Waals surface area (Å²) in [5, 5.41) is 0. The summed E-state index contributed by atoms with van der Waals surface area (Å²) >= 11 is 0. The molecule has 0 radical (unpaired) electrons. The average Bonchev–Trinajstić information content (AvgIpc) is 2.22. The van der Waals surface area contributed by atoms with Crippen LogP contribution in [0.1, 0.15) is 46.5 Å². The Hall–Kier alpha value is 0.0700. The molecule has 17 heavy (non-hydrogen) atoms. The van der Waals surface area contributed by atoms with Crippen LogP contribution in [0.25, 0.3) is 0 Å². The first-order valence-electron chi connectivity index (χ1n) is 6.28. The van der Waals surface area contributed by atoms with Gasteiger partial charge in [-0.1, -0.05) is 19.8 Å².